The summed E-state index contributed by atoms with van der Waals surface area (Å²) in [5.41, 5.74) is 1.31. The predicted molar refractivity (Wildman–Crippen MR) is 86.7 cm³/mol. The monoisotopic (exact) mass is 294 g/mol. The molecule has 112 valence electrons. The first kappa shape index (κ1) is 14.1. The third-order valence-electron chi connectivity index (χ3n) is 3.22. The van der Waals surface area contributed by atoms with Crippen molar-refractivity contribution in [3.63, 3.8) is 0 Å². The Morgan fingerprint density at radius 1 is 0.955 bits per heavy atom. The lowest BCUT2D eigenvalue weighted by Crippen LogP contribution is -2.09. The van der Waals surface area contributed by atoms with Crippen molar-refractivity contribution in [2.24, 2.45) is 0 Å². The number of benzene rings is 1. The summed E-state index contributed by atoms with van der Waals surface area (Å²) in [5.74, 6) is 2.25. The summed E-state index contributed by atoms with van der Waals surface area (Å²) >= 11 is 0. The summed E-state index contributed by atoms with van der Waals surface area (Å²) in [4.78, 5) is 8.63. The number of anilines is 2. The lowest BCUT2D eigenvalue weighted by molar-refractivity contribution is 0.517. The van der Waals surface area contributed by atoms with Crippen molar-refractivity contribution >= 4 is 11.8 Å². The van der Waals surface area contributed by atoms with Gasteiger partial charge in [0.1, 0.15) is 11.6 Å². The second kappa shape index (κ2) is 7.26. The predicted octanol–water partition coefficient (Wildman–Crippen LogP) is 3.34. The molecule has 5 heteroatoms. The Hall–Kier alpha value is -2.82. The van der Waals surface area contributed by atoms with E-state index in [0.717, 1.165) is 24.5 Å². The molecule has 0 saturated carbocycles. The second-order valence-electron chi connectivity index (χ2n) is 4.86. The van der Waals surface area contributed by atoms with Gasteiger partial charge in [-0.2, -0.15) is 4.98 Å². The van der Waals surface area contributed by atoms with Gasteiger partial charge in [-0.05, 0) is 30.2 Å². The molecular formula is C17H18N4O. The maximum atomic E-state index is 5.27. The van der Waals surface area contributed by atoms with Gasteiger partial charge >= 0.3 is 0 Å². The summed E-state index contributed by atoms with van der Waals surface area (Å²) in [5, 5.41) is 6.45. The van der Waals surface area contributed by atoms with Gasteiger partial charge in [0.05, 0.1) is 12.8 Å². The summed E-state index contributed by atoms with van der Waals surface area (Å²) in [6, 6.07) is 16.0. The van der Waals surface area contributed by atoms with E-state index in [4.69, 9.17) is 4.42 Å². The van der Waals surface area contributed by atoms with E-state index in [-0.39, 0.29) is 0 Å². The first-order chi connectivity index (χ1) is 10.9. The number of hydrogen-bond donors (Lipinski definition) is 2. The molecule has 0 bridgehead atoms. The van der Waals surface area contributed by atoms with Crippen LogP contribution in [-0.2, 0) is 13.0 Å². The molecule has 22 heavy (non-hydrogen) atoms. The summed E-state index contributed by atoms with van der Waals surface area (Å²) in [7, 11) is 0. The van der Waals surface area contributed by atoms with Crippen molar-refractivity contribution < 1.29 is 4.42 Å². The topological polar surface area (TPSA) is 63.0 Å². The largest absolute Gasteiger partial charge is 0.467 e. The van der Waals surface area contributed by atoms with Crippen LogP contribution >= 0.6 is 0 Å². The maximum Gasteiger partial charge on any atom is 0.224 e. The molecule has 3 rings (SSSR count). The molecule has 0 fully saturated rings. The van der Waals surface area contributed by atoms with E-state index in [9.17, 15) is 0 Å². The zero-order valence-corrected chi connectivity index (χ0v) is 12.2. The number of hydrogen-bond acceptors (Lipinski definition) is 5. The maximum absolute atomic E-state index is 5.27. The molecule has 3 aromatic rings. The molecule has 0 radical (unpaired) electrons. The van der Waals surface area contributed by atoms with Crippen molar-refractivity contribution in [1.82, 2.24) is 9.97 Å². The minimum atomic E-state index is 0.570. The number of furan rings is 1. The van der Waals surface area contributed by atoms with E-state index in [1.165, 1.54) is 5.56 Å². The number of nitrogens with one attached hydrogen (secondary N) is 2. The van der Waals surface area contributed by atoms with Crippen molar-refractivity contribution in [3.8, 4) is 0 Å². The molecule has 0 aliphatic carbocycles. The lowest BCUT2D eigenvalue weighted by Gasteiger charge is -2.08. The molecule has 1 aromatic carbocycles. The third-order valence-corrected chi connectivity index (χ3v) is 3.22. The zero-order valence-electron chi connectivity index (χ0n) is 12.2. The molecular weight excluding hydrogens is 276 g/mol. The molecule has 5 nitrogen and oxygen atoms in total. The first-order valence-corrected chi connectivity index (χ1v) is 7.27. The van der Waals surface area contributed by atoms with Gasteiger partial charge in [-0.15, -0.1) is 0 Å². The van der Waals surface area contributed by atoms with Crippen LogP contribution in [0.3, 0.4) is 0 Å². The average molecular weight is 294 g/mol. The van der Waals surface area contributed by atoms with Crippen LogP contribution in [0.4, 0.5) is 11.8 Å². The Bertz CT molecular complexity index is 683. The van der Waals surface area contributed by atoms with E-state index in [1.54, 1.807) is 12.5 Å². The molecule has 0 saturated heterocycles. The van der Waals surface area contributed by atoms with Crippen molar-refractivity contribution in [2.45, 2.75) is 13.0 Å². The number of nitrogens with zero attached hydrogens (tertiary/aromatic N) is 2. The average Bonchev–Trinajstić information content (AvgIpc) is 3.08. The molecule has 2 heterocycles. The highest BCUT2D eigenvalue weighted by Gasteiger charge is 2.01. The van der Waals surface area contributed by atoms with E-state index in [1.807, 2.05) is 24.3 Å². The van der Waals surface area contributed by atoms with Crippen molar-refractivity contribution in [3.05, 3.63) is 72.3 Å². The standard InChI is InChI=1S/C17H18N4O/c1-2-5-14(6-3-1)8-10-18-16-9-11-19-17(21-16)20-13-15-7-4-12-22-15/h1-7,9,11-12H,8,10,13H2,(H2,18,19,20,21). The summed E-state index contributed by atoms with van der Waals surface area (Å²) < 4.78 is 5.27. The molecule has 0 amide bonds. The fourth-order valence-corrected chi connectivity index (χ4v) is 2.10. The van der Waals surface area contributed by atoms with Gasteiger partial charge in [0.2, 0.25) is 5.95 Å². The van der Waals surface area contributed by atoms with Crippen LogP contribution in [0.15, 0.2) is 65.4 Å². The number of aromatic nitrogens is 2. The second-order valence-corrected chi connectivity index (χ2v) is 4.86. The minimum absolute atomic E-state index is 0.570. The normalized spacial score (nSPS) is 10.4. The summed E-state index contributed by atoms with van der Waals surface area (Å²) in [6.07, 6.45) is 4.35. The number of rotatable bonds is 7. The molecule has 0 aliphatic heterocycles. The molecule has 2 aromatic heterocycles. The van der Waals surface area contributed by atoms with E-state index in [2.05, 4.69) is 44.9 Å². The summed E-state index contributed by atoms with van der Waals surface area (Å²) in [6.45, 7) is 1.40. The Balaban J connectivity index is 1.50. The highest BCUT2D eigenvalue weighted by atomic mass is 16.3. The van der Waals surface area contributed by atoms with E-state index < -0.39 is 0 Å². The molecule has 0 spiro atoms. The van der Waals surface area contributed by atoms with Gasteiger partial charge in [-0.3, -0.25) is 0 Å². The smallest absolute Gasteiger partial charge is 0.224 e. The Morgan fingerprint density at radius 3 is 2.68 bits per heavy atom. The van der Waals surface area contributed by atoms with Crippen LogP contribution in [0.5, 0.6) is 0 Å². The van der Waals surface area contributed by atoms with Gasteiger partial charge in [-0.25, -0.2) is 4.98 Å². The lowest BCUT2D eigenvalue weighted by atomic mass is 10.1. The van der Waals surface area contributed by atoms with Gasteiger partial charge in [0.15, 0.2) is 0 Å². The van der Waals surface area contributed by atoms with Crippen molar-refractivity contribution in [1.29, 1.82) is 0 Å². The zero-order chi connectivity index (χ0) is 15.0. The van der Waals surface area contributed by atoms with Crippen LogP contribution in [0.1, 0.15) is 11.3 Å². The van der Waals surface area contributed by atoms with Crippen LogP contribution in [0, 0.1) is 0 Å². The van der Waals surface area contributed by atoms with Gasteiger partial charge in [-0.1, -0.05) is 30.3 Å². The first-order valence-electron chi connectivity index (χ1n) is 7.27. The van der Waals surface area contributed by atoms with Gasteiger partial charge in [0, 0.05) is 12.7 Å². The minimum Gasteiger partial charge on any atom is -0.467 e. The quantitative estimate of drug-likeness (QED) is 0.700. The molecule has 2 N–H and O–H groups in total. The van der Waals surface area contributed by atoms with Gasteiger partial charge in [0.25, 0.3) is 0 Å². The van der Waals surface area contributed by atoms with E-state index >= 15 is 0 Å². The van der Waals surface area contributed by atoms with Gasteiger partial charge < -0.3 is 15.1 Å². The Kier molecular flexibility index (Phi) is 4.67. The van der Waals surface area contributed by atoms with Crippen LogP contribution in [0.25, 0.3) is 0 Å². The highest BCUT2D eigenvalue weighted by Crippen LogP contribution is 2.08. The molecule has 0 atom stereocenters. The van der Waals surface area contributed by atoms with Crippen LogP contribution in [-0.4, -0.2) is 16.5 Å². The SMILES string of the molecule is c1ccc(CCNc2ccnc(NCc3ccco3)n2)cc1. The third kappa shape index (κ3) is 4.09. The van der Waals surface area contributed by atoms with Crippen LogP contribution in [0.2, 0.25) is 0 Å². The van der Waals surface area contributed by atoms with Crippen molar-refractivity contribution in [2.75, 3.05) is 17.2 Å². The van der Waals surface area contributed by atoms with Crippen LogP contribution < -0.4 is 10.6 Å². The molecule has 0 unspecified atom stereocenters. The van der Waals surface area contributed by atoms with E-state index in [0.29, 0.717) is 12.5 Å². The fourth-order valence-electron chi connectivity index (χ4n) is 2.10. The highest BCUT2D eigenvalue weighted by molar-refractivity contribution is 5.39. The fraction of sp³-hybridized carbons (Fsp3) is 0.176. The Labute approximate surface area is 129 Å². The molecule has 0 aliphatic rings. The Morgan fingerprint density at radius 2 is 1.86 bits per heavy atom.